The summed E-state index contributed by atoms with van der Waals surface area (Å²) < 4.78 is 1.05. The molecule has 0 saturated carbocycles. The van der Waals surface area contributed by atoms with Crippen LogP contribution in [-0.4, -0.2) is 24.4 Å². The smallest absolute Gasteiger partial charge is 0.222 e. The Balaban J connectivity index is 2.42. The third kappa shape index (κ3) is 6.06. The van der Waals surface area contributed by atoms with Crippen LogP contribution in [0.5, 0.6) is 0 Å². The van der Waals surface area contributed by atoms with Gasteiger partial charge in [-0.3, -0.25) is 4.79 Å². The first-order valence-corrected chi connectivity index (χ1v) is 8.04. The Labute approximate surface area is 130 Å². The van der Waals surface area contributed by atoms with Crippen LogP contribution in [0.3, 0.4) is 0 Å². The molecule has 1 amide bonds. The molecular formula is C16H25BrN2O. The molecular weight excluding hydrogens is 316 g/mol. The predicted octanol–water partition coefficient (Wildman–Crippen LogP) is 3.56. The van der Waals surface area contributed by atoms with E-state index in [2.05, 4.69) is 22.9 Å². The molecule has 1 atom stereocenters. The number of halogens is 1. The monoisotopic (exact) mass is 340 g/mol. The number of rotatable bonds is 8. The fraction of sp³-hybridized carbons (Fsp3) is 0.562. The molecule has 1 unspecified atom stereocenters. The fourth-order valence-corrected chi connectivity index (χ4v) is 2.75. The van der Waals surface area contributed by atoms with E-state index in [1.807, 2.05) is 31.3 Å². The van der Waals surface area contributed by atoms with Crippen molar-refractivity contribution in [2.24, 2.45) is 11.7 Å². The second-order valence-electron chi connectivity index (χ2n) is 5.27. The van der Waals surface area contributed by atoms with E-state index in [0.29, 0.717) is 25.4 Å². The van der Waals surface area contributed by atoms with Crippen molar-refractivity contribution in [2.75, 3.05) is 13.6 Å². The van der Waals surface area contributed by atoms with E-state index >= 15 is 0 Å². The Morgan fingerprint density at radius 1 is 1.40 bits per heavy atom. The van der Waals surface area contributed by atoms with E-state index in [0.717, 1.165) is 29.3 Å². The molecule has 1 aromatic rings. The van der Waals surface area contributed by atoms with Crippen molar-refractivity contribution in [1.82, 2.24) is 4.90 Å². The molecule has 1 aromatic carbocycles. The number of nitrogens with zero attached hydrogens (tertiary/aromatic N) is 1. The molecule has 0 aromatic heterocycles. The van der Waals surface area contributed by atoms with Crippen molar-refractivity contribution in [3.63, 3.8) is 0 Å². The standard InChI is InChI=1S/C16H25BrN2O/c1-3-13(9-10-18)7-8-16(20)19(2)12-14-5-4-6-15(17)11-14/h4-6,11,13H,3,7-10,12,18H2,1-2H3. The minimum absolute atomic E-state index is 0.209. The topological polar surface area (TPSA) is 46.3 Å². The van der Waals surface area contributed by atoms with Gasteiger partial charge in [-0.1, -0.05) is 41.4 Å². The van der Waals surface area contributed by atoms with Crippen LogP contribution >= 0.6 is 15.9 Å². The van der Waals surface area contributed by atoms with Gasteiger partial charge in [0.25, 0.3) is 0 Å². The highest BCUT2D eigenvalue weighted by Gasteiger charge is 2.12. The quantitative estimate of drug-likeness (QED) is 0.786. The molecule has 112 valence electrons. The van der Waals surface area contributed by atoms with Gasteiger partial charge in [0.2, 0.25) is 5.91 Å². The summed E-state index contributed by atoms with van der Waals surface area (Å²) in [5.41, 5.74) is 6.73. The molecule has 0 spiro atoms. The normalized spacial score (nSPS) is 12.2. The molecule has 0 aliphatic carbocycles. The lowest BCUT2D eigenvalue weighted by molar-refractivity contribution is -0.130. The van der Waals surface area contributed by atoms with E-state index in [1.54, 1.807) is 4.90 Å². The maximum absolute atomic E-state index is 12.1. The maximum Gasteiger partial charge on any atom is 0.222 e. The largest absolute Gasteiger partial charge is 0.341 e. The van der Waals surface area contributed by atoms with Crippen molar-refractivity contribution in [3.8, 4) is 0 Å². The molecule has 0 fully saturated rings. The van der Waals surface area contributed by atoms with Gasteiger partial charge in [-0.05, 0) is 43.0 Å². The van der Waals surface area contributed by atoms with Gasteiger partial charge in [0, 0.05) is 24.5 Å². The van der Waals surface area contributed by atoms with Crippen LogP contribution in [0.15, 0.2) is 28.7 Å². The summed E-state index contributed by atoms with van der Waals surface area (Å²) in [6, 6.07) is 8.07. The van der Waals surface area contributed by atoms with Crippen molar-refractivity contribution < 1.29 is 4.79 Å². The van der Waals surface area contributed by atoms with Crippen LogP contribution in [0.4, 0.5) is 0 Å². The van der Waals surface area contributed by atoms with Gasteiger partial charge in [0.05, 0.1) is 0 Å². The van der Waals surface area contributed by atoms with Crippen LogP contribution in [-0.2, 0) is 11.3 Å². The second-order valence-corrected chi connectivity index (χ2v) is 6.19. The molecule has 0 saturated heterocycles. The van der Waals surface area contributed by atoms with E-state index in [1.165, 1.54) is 0 Å². The van der Waals surface area contributed by atoms with Crippen molar-refractivity contribution in [3.05, 3.63) is 34.3 Å². The number of hydrogen-bond acceptors (Lipinski definition) is 2. The van der Waals surface area contributed by atoms with Crippen LogP contribution < -0.4 is 5.73 Å². The minimum atomic E-state index is 0.209. The zero-order valence-electron chi connectivity index (χ0n) is 12.4. The summed E-state index contributed by atoms with van der Waals surface area (Å²) in [5.74, 6) is 0.781. The zero-order valence-corrected chi connectivity index (χ0v) is 14.0. The van der Waals surface area contributed by atoms with Gasteiger partial charge in [-0.2, -0.15) is 0 Å². The van der Waals surface area contributed by atoms with Crippen LogP contribution in [0, 0.1) is 5.92 Å². The van der Waals surface area contributed by atoms with E-state index in [4.69, 9.17) is 5.73 Å². The van der Waals surface area contributed by atoms with Crippen molar-refractivity contribution in [1.29, 1.82) is 0 Å². The lowest BCUT2D eigenvalue weighted by Gasteiger charge is -2.19. The molecule has 3 nitrogen and oxygen atoms in total. The Bertz CT molecular complexity index is 423. The minimum Gasteiger partial charge on any atom is -0.341 e. The molecule has 0 radical (unpaired) electrons. The molecule has 1 rings (SSSR count). The molecule has 4 heteroatoms. The molecule has 0 aliphatic heterocycles. The lowest BCUT2D eigenvalue weighted by atomic mass is 9.96. The maximum atomic E-state index is 12.1. The average molecular weight is 341 g/mol. The van der Waals surface area contributed by atoms with Gasteiger partial charge >= 0.3 is 0 Å². The summed E-state index contributed by atoms with van der Waals surface area (Å²) in [6.45, 7) is 3.53. The number of hydrogen-bond donors (Lipinski definition) is 1. The molecule has 0 bridgehead atoms. The second kappa shape index (κ2) is 9.14. The number of amides is 1. The lowest BCUT2D eigenvalue weighted by Crippen LogP contribution is -2.26. The summed E-state index contributed by atoms with van der Waals surface area (Å²) in [4.78, 5) is 13.9. The number of carbonyl (C=O) groups excluding carboxylic acids is 1. The highest BCUT2D eigenvalue weighted by Crippen LogP contribution is 2.17. The fourth-order valence-electron chi connectivity index (χ4n) is 2.30. The Morgan fingerprint density at radius 3 is 2.75 bits per heavy atom. The molecule has 0 aliphatic rings. The summed E-state index contributed by atoms with van der Waals surface area (Å²) >= 11 is 3.45. The third-order valence-electron chi connectivity index (χ3n) is 3.65. The highest BCUT2D eigenvalue weighted by atomic mass is 79.9. The van der Waals surface area contributed by atoms with E-state index < -0.39 is 0 Å². The summed E-state index contributed by atoms with van der Waals surface area (Å²) in [5, 5.41) is 0. The van der Waals surface area contributed by atoms with E-state index in [-0.39, 0.29) is 5.91 Å². The molecule has 0 heterocycles. The average Bonchev–Trinajstić information content (AvgIpc) is 2.43. The first-order valence-electron chi connectivity index (χ1n) is 7.25. The van der Waals surface area contributed by atoms with Gasteiger partial charge < -0.3 is 10.6 Å². The van der Waals surface area contributed by atoms with Crippen LogP contribution in [0.2, 0.25) is 0 Å². The van der Waals surface area contributed by atoms with Gasteiger partial charge in [-0.25, -0.2) is 0 Å². The summed E-state index contributed by atoms with van der Waals surface area (Å²) in [6.07, 6.45) is 3.66. The van der Waals surface area contributed by atoms with Crippen molar-refractivity contribution >= 4 is 21.8 Å². The highest BCUT2D eigenvalue weighted by molar-refractivity contribution is 9.10. The Hall–Kier alpha value is -0.870. The molecule has 2 N–H and O–H groups in total. The van der Waals surface area contributed by atoms with Gasteiger partial charge in [0.15, 0.2) is 0 Å². The Kier molecular flexibility index (Phi) is 7.85. The third-order valence-corrected chi connectivity index (χ3v) is 4.15. The first kappa shape index (κ1) is 17.2. The molecule has 20 heavy (non-hydrogen) atoms. The SMILES string of the molecule is CCC(CCN)CCC(=O)N(C)Cc1cccc(Br)c1. The first-order chi connectivity index (χ1) is 9.56. The van der Waals surface area contributed by atoms with E-state index in [9.17, 15) is 4.79 Å². The van der Waals surface area contributed by atoms with Crippen molar-refractivity contribution in [2.45, 2.75) is 39.2 Å². The number of carbonyl (C=O) groups is 1. The summed E-state index contributed by atoms with van der Waals surface area (Å²) in [7, 11) is 1.87. The number of benzene rings is 1. The van der Waals surface area contributed by atoms with Crippen LogP contribution in [0.25, 0.3) is 0 Å². The predicted molar refractivity (Wildman–Crippen MR) is 87.3 cm³/mol. The zero-order chi connectivity index (χ0) is 15.0. The number of nitrogens with two attached hydrogens (primary N) is 1. The van der Waals surface area contributed by atoms with Crippen LogP contribution in [0.1, 0.15) is 38.2 Å². The van der Waals surface area contributed by atoms with Gasteiger partial charge in [-0.15, -0.1) is 0 Å². The van der Waals surface area contributed by atoms with Gasteiger partial charge in [0.1, 0.15) is 0 Å². The Morgan fingerprint density at radius 2 is 2.15 bits per heavy atom.